The Labute approximate surface area is 103 Å². The molecule has 2 nitrogen and oxygen atoms in total. The van der Waals surface area contributed by atoms with Gasteiger partial charge in [-0.05, 0) is 16.6 Å². The predicted molar refractivity (Wildman–Crippen MR) is 72.3 cm³/mol. The molecular weight excluding hydrogens is 208 g/mol. The number of hydrogen-bond donors (Lipinski definition) is 0. The van der Waals surface area contributed by atoms with Crippen LogP contribution in [0.4, 0.5) is 0 Å². The van der Waals surface area contributed by atoms with Crippen LogP contribution in [0.2, 0.25) is 0 Å². The molecule has 0 atom stereocenters. The number of nitrogens with zero attached hydrogens (tertiary/aromatic N) is 2. The molecule has 1 aromatic heterocycles. The molecular formula is C15H18N2. The van der Waals surface area contributed by atoms with Crippen molar-refractivity contribution in [3.05, 3.63) is 54.6 Å². The second-order valence-electron chi connectivity index (χ2n) is 5.17. The van der Waals surface area contributed by atoms with E-state index in [-0.39, 0.29) is 5.41 Å². The normalized spacial score (nSPS) is 12.8. The number of aromatic nitrogens is 2. The van der Waals surface area contributed by atoms with E-state index in [1.165, 1.54) is 11.1 Å². The SMILES string of the molecule is CC(C)(C)C(=Cn1ccnc1)c1ccccc1. The van der Waals surface area contributed by atoms with E-state index in [0.717, 1.165) is 0 Å². The van der Waals surface area contributed by atoms with E-state index in [9.17, 15) is 0 Å². The molecule has 17 heavy (non-hydrogen) atoms. The van der Waals surface area contributed by atoms with Gasteiger partial charge < -0.3 is 4.57 Å². The van der Waals surface area contributed by atoms with Crippen LogP contribution in [0, 0.1) is 5.41 Å². The fourth-order valence-electron chi connectivity index (χ4n) is 1.81. The highest BCUT2D eigenvalue weighted by Gasteiger charge is 2.18. The van der Waals surface area contributed by atoms with Gasteiger partial charge in [0.05, 0.1) is 6.33 Å². The molecule has 88 valence electrons. The highest BCUT2D eigenvalue weighted by molar-refractivity contribution is 5.78. The summed E-state index contributed by atoms with van der Waals surface area (Å²) in [5.41, 5.74) is 2.66. The van der Waals surface area contributed by atoms with Gasteiger partial charge in [0.15, 0.2) is 0 Å². The molecule has 0 bridgehead atoms. The van der Waals surface area contributed by atoms with E-state index in [2.05, 4.69) is 56.2 Å². The van der Waals surface area contributed by atoms with Crippen molar-refractivity contribution in [2.24, 2.45) is 5.41 Å². The maximum absolute atomic E-state index is 4.07. The molecule has 0 spiro atoms. The quantitative estimate of drug-likeness (QED) is 0.758. The van der Waals surface area contributed by atoms with E-state index >= 15 is 0 Å². The highest BCUT2D eigenvalue weighted by atomic mass is 15.0. The Morgan fingerprint density at radius 1 is 1.18 bits per heavy atom. The zero-order chi connectivity index (χ0) is 12.3. The average Bonchev–Trinajstić information content (AvgIpc) is 2.78. The van der Waals surface area contributed by atoms with Gasteiger partial charge in [0.2, 0.25) is 0 Å². The van der Waals surface area contributed by atoms with Gasteiger partial charge in [-0.25, -0.2) is 4.98 Å². The molecule has 0 saturated carbocycles. The second-order valence-corrected chi connectivity index (χ2v) is 5.17. The van der Waals surface area contributed by atoms with Crippen molar-refractivity contribution in [2.75, 3.05) is 0 Å². The van der Waals surface area contributed by atoms with E-state index in [1.54, 1.807) is 6.20 Å². The minimum atomic E-state index is 0.103. The van der Waals surface area contributed by atoms with Gasteiger partial charge in [0, 0.05) is 18.6 Å². The minimum absolute atomic E-state index is 0.103. The van der Waals surface area contributed by atoms with Gasteiger partial charge in [-0.3, -0.25) is 0 Å². The lowest BCUT2D eigenvalue weighted by atomic mass is 9.83. The first-order chi connectivity index (χ1) is 8.07. The lowest BCUT2D eigenvalue weighted by Gasteiger charge is -2.23. The van der Waals surface area contributed by atoms with Crippen LogP contribution in [0.25, 0.3) is 11.8 Å². The molecule has 0 radical (unpaired) electrons. The summed E-state index contributed by atoms with van der Waals surface area (Å²) in [7, 11) is 0. The second kappa shape index (κ2) is 4.58. The predicted octanol–water partition coefficient (Wildman–Crippen LogP) is 3.93. The Balaban J connectivity index is 2.47. The van der Waals surface area contributed by atoms with Crippen LogP contribution >= 0.6 is 0 Å². The van der Waals surface area contributed by atoms with Crippen LogP contribution < -0.4 is 0 Å². The molecule has 0 N–H and O–H groups in total. The number of hydrogen-bond acceptors (Lipinski definition) is 1. The standard InChI is InChI=1S/C15H18N2/c1-15(2,3)14(11-17-10-9-16-12-17)13-7-5-4-6-8-13/h4-12H,1-3H3. The number of allylic oxidation sites excluding steroid dienone is 1. The van der Waals surface area contributed by atoms with Crippen LogP contribution in [0.3, 0.4) is 0 Å². The first-order valence-corrected chi connectivity index (χ1v) is 5.82. The summed E-state index contributed by atoms with van der Waals surface area (Å²) in [5, 5.41) is 0. The molecule has 0 saturated heterocycles. The van der Waals surface area contributed by atoms with Crippen molar-refractivity contribution in [2.45, 2.75) is 20.8 Å². The zero-order valence-electron chi connectivity index (χ0n) is 10.6. The Morgan fingerprint density at radius 3 is 2.41 bits per heavy atom. The lowest BCUT2D eigenvalue weighted by molar-refractivity contribution is 0.568. The fourth-order valence-corrected chi connectivity index (χ4v) is 1.81. The zero-order valence-corrected chi connectivity index (χ0v) is 10.6. The molecule has 2 rings (SSSR count). The summed E-state index contributed by atoms with van der Waals surface area (Å²) in [6, 6.07) is 10.5. The third kappa shape index (κ3) is 2.84. The Kier molecular flexibility index (Phi) is 3.14. The molecule has 0 aliphatic carbocycles. The first kappa shape index (κ1) is 11.6. The molecule has 0 fully saturated rings. The molecule has 1 aromatic carbocycles. The van der Waals surface area contributed by atoms with Crippen molar-refractivity contribution < 1.29 is 0 Å². The smallest absolute Gasteiger partial charge is 0.0986 e. The van der Waals surface area contributed by atoms with Crippen LogP contribution in [-0.2, 0) is 0 Å². The Morgan fingerprint density at radius 2 is 1.88 bits per heavy atom. The van der Waals surface area contributed by atoms with Crippen LogP contribution in [0.1, 0.15) is 26.3 Å². The van der Waals surface area contributed by atoms with E-state index in [0.29, 0.717) is 0 Å². The third-order valence-electron chi connectivity index (χ3n) is 2.70. The average molecular weight is 226 g/mol. The number of imidazole rings is 1. The fraction of sp³-hybridized carbons (Fsp3) is 0.267. The van der Waals surface area contributed by atoms with Gasteiger partial charge in [0.25, 0.3) is 0 Å². The summed E-state index contributed by atoms with van der Waals surface area (Å²) in [4.78, 5) is 4.07. The summed E-state index contributed by atoms with van der Waals surface area (Å²) < 4.78 is 1.99. The van der Waals surface area contributed by atoms with E-state index in [1.807, 2.05) is 23.2 Å². The first-order valence-electron chi connectivity index (χ1n) is 5.82. The lowest BCUT2D eigenvalue weighted by Crippen LogP contribution is -2.09. The van der Waals surface area contributed by atoms with Gasteiger partial charge in [0.1, 0.15) is 0 Å². The molecule has 1 heterocycles. The van der Waals surface area contributed by atoms with Crippen molar-refractivity contribution in [3.8, 4) is 0 Å². The maximum Gasteiger partial charge on any atom is 0.0986 e. The van der Waals surface area contributed by atoms with Crippen molar-refractivity contribution in [3.63, 3.8) is 0 Å². The Bertz CT molecular complexity index is 487. The molecule has 2 aromatic rings. The van der Waals surface area contributed by atoms with Gasteiger partial charge >= 0.3 is 0 Å². The van der Waals surface area contributed by atoms with Gasteiger partial charge in [-0.2, -0.15) is 0 Å². The van der Waals surface area contributed by atoms with Crippen molar-refractivity contribution in [1.29, 1.82) is 0 Å². The largest absolute Gasteiger partial charge is 0.313 e. The summed E-state index contributed by atoms with van der Waals surface area (Å²) in [6.45, 7) is 6.67. The van der Waals surface area contributed by atoms with Gasteiger partial charge in [-0.1, -0.05) is 51.1 Å². The van der Waals surface area contributed by atoms with E-state index < -0.39 is 0 Å². The topological polar surface area (TPSA) is 17.8 Å². The van der Waals surface area contributed by atoms with Crippen molar-refractivity contribution in [1.82, 2.24) is 9.55 Å². The number of benzene rings is 1. The van der Waals surface area contributed by atoms with E-state index in [4.69, 9.17) is 0 Å². The minimum Gasteiger partial charge on any atom is -0.313 e. The molecule has 0 amide bonds. The number of rotatable bonds is 2. The molecule has 0 aliphatic rings. The molecule has 2 heteroatoms. The van der Waals surface area contributed by atoms with Gasteiger partial charge in [-0.15, -0.1) is 0 Å². The summed E-state index contributed by atoms with van der Waals surface area (Å²) in [6.07, 6.45) is 7.70. The maximum atomic E-state index is 4.07. The van der Waals surface area contributed by atoms with Crippen LogP contribution in [-0.4, -0.2) is 9.55 Å². The summed E-state index contributed by atoms with van der Waals surface area (Å²) >= 11 is 0. The molecule has 0 aliphatic heterocycles. The highest BCUT2D eigenvalue weighted by Crippen LogP contribution is 2.34. The van der Waals surface area contributed by atoms with Crippen molar-refractivity contribution >= 4 is 11.8 Å². The molecule has 0 unspecified atom stereocenters. The van der Waals surface area contributed by atoms with Crippen LogP contribution in [0.5, 0.6) is 0 Å². The summed E-state index contributed by atoms with van der Waals surface area (Å²) in [5.74, 6) is 0. The Hall–Kier alpha value is -1.83. The monoisotopic (exact) mass is 226 g/mol. The van der Waals surface area contributed by atoms with Crippen LogP contribution in [0.15, 0.2) is 49.1 Å². The third-order valence-corrected chi connectivity index (χ3v) is 2.70.